The molecule has 4 rings (SSSR count). The highest BCUT2D eigenvalue weighted by Crippen LogP contribution is 2.34. The topological polar surface area (TPSA) is 56.0 Å². The Morgan fingerprint density at radius 3 is 2.41 bits per heavy atom. The van der Waals surface area contributed by atoms with Crippen molar-refractivity contribution in [3.63, 3.8) is 0 Å². The summed E-state index contributed by atoms with van der Waals surface area (Å²) < 4.78 is 43.6. The quantitative estimate of drug-likeness (QED) is 0.780. The van der Waals surface area contributed by atoms with Crippen LogP contribution in [-0.4, -0.2) is 65.1 Å². The summed E-state index contributed by atoms with van der Waals surface area (Å²) in [6.07, 6.45) is 2.53. The van der Waals surface area contributed by atoms with E-state index >= 15 is 0 Å². The Balaban J connectivity index is 1.73. The summed E-state index contributed by atoms with van der Waals surface area (Å²) in [4.78, 5) is 15.5. The molecule has 1 aromatic rings. The van der Waals surface area contributed by atoms with Gasteiger partial charge in [-0.15, -0.1) is 13.2 Å². The van der Waals surface area contributed by atoms with Crippen molar-refractivity contribution in [2.75, 3.05) is 25.0 Å². The standard InChI is InChI=1S/C20H20F3N3O3/c1-24-17-12-13(18(27)28)4-9-16(17)26(19(24)25-10-2-3-11-25)14-5-7-15(8-6-14)29-20(21,22)23/h4-9,12,16-17H,2-3,10-11H2,1H3/p+1. The highest BCUT2D eigenvalue weighted by molar-refractivity contribution is 5.98. The van der Waals surface area contributed by atoms with E-state index in [1.165, 1.54) is 12.1 Å². The van der Waals surface area contributed by atoms with Gasteiger partial charge in [-0.05, 0) is 55.3 Å². The number of nitrogens with zero attached hydrogens (tertiary/aromatic N) is 3. The SMILES string of the molecule is CN1C(=[N+]2CCCC2)N(c2ccc(OC(F)(F)F)cc2)C2C=CC(C(=O)O)=CC21. The first kappa shape index (κ1) is 19.4. The number of carboxylic acids is 1. The normalized spacial score (nSPS) is 24.1. The molecule has 0 amide bonds. The van der Waals surface area contributed by atoms with Gasteiger partial charge in [-0.2, -0.15) is 0 Å². The number of halogens is 3. The summed E-state index contributed by atoms with van der Waals surface area (Å²) in [5, 5.41) is 9.35. The maximum absolute atomic E-state index is 12.5. The molecule has 2 saturated heterocycles. The van der Waals surface area contributed by atoms with Gasteiger partial charge in [0.1, 0.15) is 23.5 Å². The molecule has 1 N–H and O–H groups in total. The van der Waals surface area contributed by atoms with Gasteiger partial charge in [-0.1, -0.05) is 0 Å². The highest BCUT2D eigenvalue weighted by Gasteiger charge is 2.50. The Kier molecular flexibility index (Phi) is 4.76. The number of rotatable bonds is 3. The zero-order valence-electron chi connectivity index (χ0n) is 15.8. The molecular formula is C20H21F3N3O3+. The predicted octanol–water partition coefficient (Wildman–Crippen LogP) is 2.82. The van der Waals surface area contributed by atoms with Crippen LogP contribution in [0, 0.1) is 0 Å². The molecule has 2 unspecified atom stereocenters. The minimum atomic E-state index is -4.74. The van der Waals surface area contributed by atoms with E-state index in [1.807, 2.05) is 18.0 Å². The molecular weight excluding hydrogens is 387 g/mol. The van der Waals surface area contributed by atoms with Gasteiger partial charge in [-0.3, -0.25) is 9.48 Å². The Morgan fingerprint density at radius 1 is 1.17 bits per heavy atom. The van der Waals surface area contributed by atoms with Crippen molar-refractivity contribution >= 4 is 17.6 Å². The zero-order chi connectivity index (χ0) is 20.8. The summed E-state index contributed by atoms with van der Waals surface area (Å²) >= 11 is 0. The molecule has 2 fully saturated rings. The van der Waals surface area contributed by atoms with E-state index in [4.69, 9.17) is 0 Å². The third kappa shape index (κ3) is 3.68. The number of alkyl halides is 3. The number of ether oxygens (including phenoxy) is 1. The van der Waals surface area contributed by atoms with E-state index < -0.39 is 12.3 Å². The molecule has 9 heteroatoms. The molecule has 0 aromatic heterocycles. The van der Waals surface area contributed by atoms with Gasteiger partial charge < -0.3 is 9.84 Å². The summed E-state index contributed by atoms with van der Waals surface area (Å²) in [5.41, 5.74) is 0.951. The Morgan fingerprint density at radius 2 is 1.83 bits per heavy atom. The van der Waals surface area contributed by atoms with Crippen molar-refractivity contribution in [1.82, 2.24) is 4.90 Å². The fourth-order valence-electron chi connectivity index (χ4n) is 4.20. The van der Waals surface area contributed by atoms with Crippen LogP contribution in [0.4, 0.5) is 18.9 Å². The molecule has 0 spiro atoms. The largest absolute Gasteiger partial charge is 0.573 e. The summed E-state index contributed by atoms with van der Waals surface area (Å²) in [5.74, 6) is -0.335. The fraction of sp³-hybridized carbons (Fsp3) is 0.400. The second-order valence-electron chi connectivity index (χ2n) is 7.28. The fourth-order valence-corrected chi connectivity index (χ4v) is 4.20. The lowest BCUT2D eigenvalue weighted by atomic mass is 9.97. The van der Waals surface area contributed by atoms with Crippen LogP contribution in [-0.2, 0) is 4.79 Å². The first-order valence-electron chi connectivity index (χ1n) is 9.38. The average molecular weight is 408 g/mol. The smallest absolute Gasteiger partial charge is 0.478 e. The lowest BCUT2D eigenvalue weighted by molar-refractivity contribution is -0.511. The van der Waals surface area contributed by atoms with Crippen LogP contribution in [0.1, 0.15) is 12.8 Å². The van der Waals surface area contributed by atoms with E-state index in [9.17, 15) is 23.1 Å². The second-order valence-corrected chi connectivity index (χ2v) is 7.28. The number of anilines is 1. The number of benzene rings is 1. The van der Waals surface area contributed by atoms with E-state index in [1.54, 1.807) is 24.3 Å². The molecule has 3 aliphatic rings. The van der Waals surface area contributed by atoms with Gasteiger partial charge in [0.25, 0.3) is 0 Å². The number of hydrogen-bond acceptors (Lipinski definition) is 2. The monoisotopic (exact) mass is 408 g/mol. The molecule has 0 saturated carbocycles. The summed E-state index contributed by atoms with van der Waals surface area (Å²) in [6, 6.07) is 5.43. The van der Waals surface area contributed by atoms with Gasteiger partial charge in [0, 0.05) is 0 Å². The minimum Gasteiger partial charge on any atom is -0.478 e. The number of fused-ring (bicyclic) bond motifs is 1. The summed E-state index contributed by atoms with van der Waals surface area (Å²) in [7, 11) is 1.92. The van der Waals surface area contributed by atoms with Crippen LogP contribution in [0.15, 0.2) is 48.1 Å². The second kappa shape index (κ2) is 7.13. The first-order valence-corrected chi connectivity index (χ1v) is 9.38. The maximum atomic E-state index is 12.5. The zero-order valence-corrected chi connectivity index (χ0v) is 15.8. The van der Waals surface area contributed by atoms with E-state index in [0.717, 1.165) is 37.6 Å². The van der Waals surface area contributed by atoms with Crippen molar-refractivity contribution in [2.45, 2.75) is 31.3 Å². The van der Waals surface area contributed by atoms with E-state index in [0.29, 0.717) is 0 Å². The third-order valence-electron chi connectivity index (χ3n) is 5.43. The molecule has 6 nitrogen and oxygen atoms in total. The maximum Gasteiger partial charge on any atom is 0.573 e. The number of carbonyl (C=O) groups is 1. The lowest BCUT2D eigenvalue weighted by Crippen LogP contribution is -2.41. The molecule has 154 valence electrons. The molecule has 29 heavy (non-hydrogen) atoms. The van der Waals surface area contributed by atoms with Crippen molar-refractivity contribution in [3.05, 3.63) is 48.1 Å². The molecule has 2 atom stereocenters. The van der Waals surface area contributed by atoms with E-state index in [-0.39, 0.29) is 23.4 Å². The molecule has 1 aromatic carbocycles. The lowest BCUT2D eigenvalue weighted by Gasteiger charge is -2.21. The van der Waals surface area contributed by atoms with Gasteiger partial charge in [0.2, 0.25) is 0 Å². The number of guanidine groups is 1. The van der Waals surface area contributed by atoms with Gasteiger partial charge in [-0.25, -0.2) is 9.69 Å². The molecule has 1 aliphatic carbocycles. The van der Waals surface area contributed by atoms with Gasteiger partial charge in [0.15, 0.2) is 0 Å². The molecule has 0 radical (unpaired) electrons. The molecule has 2 aliphatic heterocycles. The van der Waals surface area contributed by atoms with E-state index in [2.05, 4.69) is 14.2 Å². The molecule has 2 heterocycles. The molecule has 0 bridgehead atoms. The number of aliphatic carboxylic acids is 1. The van der Waals surface area contributed by atoms with Crippen LogP contribution in [0.2, 0.25) is 0 Å². The van der Waals surface area contributed by atoms with Crippen molar-refractivity contribution in [2.24, 2.45) is 0 Å². The first-order chi connectivity index (χ1) is 13.7. The summed E-state index contributed by atoms with van der Waals surface area (Å²) in [6.45, 7) is 1.76. The van der Waals surface area contributed by atoms with Crippen LogP contribution >= 0.6 is 0 Å². The number of likely N-dealkylation sites (N-methyl/N-ethyl adjacent to an activating group) is 1. The average Bonchev–Trinajstić information content (AvgIpc) is 3.27. The van der Waals surface area contributed by atoms with Crippen molar-refractivity contribution in [3.8, 4) is 5.75 Å². The van der Waals surface area contributed by atoms with Crippen molar-refractivity contribution < 1.29 is 32.4 Å². The van der Waals surface area contributed by atoms with Crippen molar-refractivity contribution in [1.29, 1.82) is 0 Å². The van der Waals surface area contributed by atoms with Gasteiger partial charge >= 0.3 is 18.3 Å². The van der Waals surface area contributed by atoms with Crippen LogP contribution in [0.3, 0.4) is 0 Å². The Bertz CT molecular complexity index is 898. The van der Waals surface area contributed by atoms with Crippen LogP contribution in [0.5, 0.6) is 5.75 Å². The minimum absolute atomic E-state index is 0.159. The third-order valence-corrected chi connectivity index (χ3v) is 5.43. The Hall–Kier alpha value is -2.97. The van der Waals surface area contributed by atoms with Crippen LogP contribution < -0.4 is 9.64 Å². The number of carboxylic acid groups (broad SMARTS) is 1. The van der Waals surface area contributed by atoms with Crippen LogP contribution in [0.25, 0.3) is 0 Å². The predicted molar refractivity (Wildman–Crippen MR) is 100 cm³/mol. The van der Waals surface area contributed by atoms with Gasteiger partial charge in [0.05, 0.1) is 25.7 Å². The Labute approximate surface area is 165 Å². The highest BCUT2D eigenvalue weighted by atomic mass is 19.4. The number of hydrogen-bond donors (Lipinski definition) is 1.